The number of aryl methyl sites for hydroxylation is 2. The Morgan fingerprint density at radius 2 is 1.19 bits per heavy atom. The minimum atomic E-state index is 0.183. The van der Waals surface area contributed by atoms with Crippen molar-refractivity contribution in [3.05, 3.63) is 76.9 Å². The molecule has 190 valence electrons. The van der Waals surface area contributed by atoms with Crippen molar-refractivity contribution in [1.82, 2.24) is 0 Å². The normalized spacial score (nSPS) is 11.9. The van der Waals surface area contributed by atoms with E-state index in [-0.39, 0.29) is 11.5 Å². The molecule has 0 aliphatic heterocycles. The van der Waals surface area contributed by atoms with E-state index >= 15 is 0 Å². The van der Waals surface area contributed by atoms with Crippen molar-refractivity contribution in [1.29, 1.82) is 0 Å². The second-order valence-corrected chi connectivity index (χ2v) is 10.0. The van der Waals surface area contributed by atoms with Crippen LogP contribution in [0.3, 0.4) is 0 Å². The molecule has 0 aliphatic rings. The van der Waals surface area contributed by atoms with Gasteiger partial charge in [0.2, 0.25) is 0 Å². The summed E-state index contributed by atoms with van der Waals surface area (Å²) in [6.45, 7) is 8.82. The third-order valence-electron chi connectivity index (χ3n) is 6.07. The number of rotatable bonds is 11. The van der Waals surface area contributed by atoms with E-state index in [1.807, 2.05) is 42.5 Å². The van der Waals surface area contributed by atoms with Crippen molar-refractivity contribution < 1.29 is 14.9 Å². The Bertz CT molecular complexity index is 1210. The lowest BCUT2D eigenvalue weighted by atomic mass is 10.0. The highest BCUT2D eigenvalue weighted by Crippen LogP contribution is 2.33. The Balaban J connectivity index is 1.88. The number of phenols is 2. The van der Waals surface area contributed by atoms with Gasteiger partial charge in [-0.1, -0.05) is 39.8 Å². The molecule has 3 rings (SSSR count). The lowest BCUT2D eigenvalue weighted by Gasteiger charge is -2.08. The second kappa shape index (κ2) is 12.9. The van der Waals surface area contributed by atoms with Crippen LogP contribution in [0.4, 0.5) is 11.4 Å². The van der Waals surface area contributed by atoms with Crippen LogP contribution < -0.4 is 4.74 Å². The summed E-state index contributed by atoms with van der Waals surface area (Å²) in [5, 5.41) is 20.7. The van der Waals surface area contributed by atoms with Gasteiger partial charge in [0, 0.05) is 29.6 Å². The fourth-order valence-electron chi connectivity index (χ4n) is 3.76. The first kappa shape index (κ1) is 27.0. The second-order valence-electron chi connectivity index (χ2n) is 10.0. The van der Waals surface area contributed by atoms with Gasteiger partial charge in [-0.25, -0.2) is 0 Å². The number of aliphatic imine (C=N–C) groups is 2. The molecule has 0 heterocycles. The number of hydrogen-bond donors (Lipinski definition) is 2. The van der Waals surface area contributed by atoms with E-state index in [1.54, 1.807) is 31.7 Å². The van der Waals surface area contributed by atoms with Crippen LogP contribution in [0, 0.1) is 11.8 Å². The van der Waals surface area contributed by atoms with E-state index < -0.39 is 0 Å². The maximum atomic E-state index is 10.4. The van der Waals surface area contributed by atoms with Gasteiger partial charge in [-0.15, -0.1) is 0 Å². The van der Waals surface area contributed by atoms with E-state index in [0.29, 0.717) is 40.1 Å². The molecular formula is C31H38N2O3. The SMILES string of the molecule is COc1ccc(N=Cc2cc(CCC(C)C)ccc2O)c(N=Cc2cc(CCC(C)C)ccc2O)c1. The van der Waals surface area contributed by atoms with Crippen LogP contribution in [0.2, 0.25) is 0 Å². The van der Waals surface area contributed by atoms with Gasteiger partial charge >= 0.3 is 0 Å². The van der Waals surface area contributed by atoms with Gasteiger partial charge in [0.05, 0.1) is 18.5 Å². The van der Waals surface area contributed by atoms with Gasteiger partial charge in [-0.3, -0.25) is 9.98 Å². The Hall–Kier alpha value is -3.60. The summed E-state index contributed by atoms with van der Waals surface area (Å²) >= 11 is 0. The van der Waals surface area contributed by atoms with Gasteiger partial charge in [-0.05, 0) is 85.0 Å². The van der Waals surface area contributed by atoms with Crippen LogP contribution in [0.5, 0.6) is 17.2 Å². The highest BCUT2D eigenvalue weighted by atomic mass is 16.5. The molecule has 0 aliphatic carbocycles. The molecular weight excluding hydrogens is 448 g/mol. The van der Waals surface area contributed by atoms with E-state index in [4.69, 9.17) is 4.74 Å². The molecule has 0 atom stereocenters. The van der Waals surface area contributed by atoms with Gasteiger partial charge in [-0.2, -0.15) is 0 Å². The smallest absolute Gasteiger partial charge is 0.124 e. The van der Waals surface area contributed by atoms with Gasteiger partial charge in [0.25, 0.3) is 0 Å². The van der Waals surface area contributed by atoms with Crippen molar-refractivity contribution in [3.8, 4) is 17.2 Å². The van der Waals surface area contributed by atoms with Crippen molar-refractivity contribution in [2.45, 2.75) is 53.4 Å². The highest BCUT2D eigenvalue weighted by Gasteiger charge is 2.07. The molecule has 0 amide bonds. The molecule has 3 aromatic rings. The van der Waals surface area contributed by atoms with Gasteiger partial charge in [0.1, 0.15) is 17.2 Å². The Morgan fingerprint density at radius 1 is 0.694 bits per heavy atom. The molecule has 0 saturated heterocycles. The zero-order chi connectivity index (χ0) is 26.1. The summed E-state index contributed by atoms with van der Waals surface area (Å²) in [7, 11) is 1.61. The van der Waals surface area contributed by atoms with Crippen LogP contribution in [-0.2, 0) is 12.8 Å². The molecule has 0 fully saturated rings. The Labute approximate surface area is 215 Å². The van der Waals surface area contributed by atoms with E-state index in [1.165, 1.54) is 11.1 Å². The molecule has 36 heavy (non-hydrogen) atoms. The van der Waals surface area contributed by atoms with Crippen molar-refractivity contribution >= 4 is 23.8 Å². The Morgan fingerprint density at radius 3 is 1.67 bits per heavy atom. The molecule has 5 heteroatoms. The summed E-state index contributed by atoms with van der Waals surface area (Å²) in [6.07, 6.45) is 7.40. The van der Waals surface area contributed by atoms with Gasteiger partial charge < -0.3 is 14.9 Å². The minimum absolute atomic E-state index is 0.183. The lowest BCUT2D eigenvalue weighted by Crippen LogP contribution is -1.94. The van der Waals surface area contributed by atoms with Crippen LogP contribution in [0.1, 0.15) is 62.8 Å². The molecule has 0 bridgehead atoms. The van der Waals surface area contributed by atoms with E-state index in [0.717, 1.165) is 25.7 Å². The molecule has 0 saturated carbocycles. The molecule has 3 aromatic carbocycles. The van der Waals surface area contributed by atoms with E-state index in [9.17, 15) is 10.2 Å². The number of methoxy groups -OCH3 is 1. The number of phenolic OH excluding ortho intramolecular Hbond substituents is 2. The maximum Gasteiger partial charge on any atom is 0.124 e. The zero-order valence-corrected chi connectivity index (χ0v) is 22.0. The van der Waals surface area contributed by atoms with Crippen molar-refractivity contribution in [2.24, 2.45) is 21.8 Å². The largest absolute Gasteiger partial charge is 0.507 e. The third kappa shape index (κ3) is 7.98. The fraction of sp³-hybridized carbons (Fsp3) is 0.355. The molecule has 0 radical (unpaired) electrons. The predicted molar refractivity (Wildman–Crippen MR) is 150 cm³/mol. The number of nitrogens with zero attached hydrogens (tertiary/aromatic N) is 2. The Kier molecular flexibility index (Phi) is 9.69. The quantitative estimate of drug-likeness (QED) is 0.272. The van der Waals surface area contributed by atoms with Crippen molar-refractivity contribution in [2.75, 3.05) is 7.11 Å². The van der Waals surface area contributed by atoms with Crippen molar-refractivity contribution in [3.63, 3.8) is 0 Å². The first-order valence-corrected chi connectivity index (χ1v) is 12.6. The lowest BCUT2D eigenvalue weighted by molar-refractivity contribution is 0.415. The standard InChI is InChI=1S/C31H38N2O3/c1-21(2)6-8-23-10-14-30(34)25(16-23)19-32-28-13-12-27(36-5)18-29(28)33-20-26-17-24(9-7-22(3)4)11-15-31(26)35/h10-22,34-35H,6-9H2,1-5H3. The monoisotopic (exact) mass is 486 g/mol. The summed E-state index contributed by atoms with van der Waals surface area (Å²) in [4.78, 5) is 9.28. The average molecular weight is 487 g/mol. The molecule has 0 spiro atoms. The molecule has 0 unspecified atom stereocenters. The summed E-state index contributed by atoms with van der Waals surface area (Å²) in [5.74, 6) is 2.26. The van der Waals surface area contributed by atoms with Crippen LogP contribution in [0.15, 0.2) is 64.6 Å². The predicted octanol–water partition coefficient (Wildman–Crippen LogP) is 7.78. The highest BCUT2D eigenvalue weighted by molar-refractivity contribution is 5.90. The number of ether oxygens (including phenoxy) is 1. The van der Waals surface area contributed by atoms with Crippen LogP contribution >= 0.6 is 0 Å². The number of hydrogen-bond acceptors (Lipinski definition) is 5. The van der Waals surface area contributed by atoms with Crippen LogP contribution in [0.25, 0.3) is 0 Å². The van der Waals surface area contributed by atoms with Crippen LogP contribution in [-0.4, -0.2) is 29.8 Å². The minimum Gasteiger partial charge on any atom is -0.507 e. The summed E-state index contributed by atoms with van der Waals surface area (Å²) < 4.78 is 5.39. The summed E-state index contributed by atoms with van der Waals surface area (Å²) in [6, 6.07) is 16.8. The number of benzene rings is 3. The topological polar surface area (TPSA) is 74.4 Å². The fourth-order valence-corrected chi connectivity index (χ4v) is 3.76. The summed E-state index contributed by atoms with van der Waals surface area (Å²) in [5.41, 5.74) is 4.90. The maximum absolute atomic E-state index is 10.4. The van der Waals surface area contributed by atoms with Gasteiger partial charge in [0.15, 0.2) is 0 Å². The molecule has 5 nitrogen and oxygen atoms in total. The zero-order valence-electron chi connectivity index (χ0n) is 22.0. The average Bonchev–Trinajstić information content (AvgIpc) is 2.86. The van der Waals surface area contributed by atoms with E-state index in [2.05, 4.69) is 37.7 Å². The number of aromatic hydroxyl groups is 2. The molecule has 0 aromatic heterocycles. The third-order valence-corrected chi connectivity index (χ3v) is 6.07. The molecule has 2 N–H and O–H groups in total. The first-order chi connectivity index (χ1) is 17.2. The first-order valence-electron chi connectivity index (χ1n) is 12.6.